The van der Waals surface area contributed by atoms with E-state index in [1.54, 1.807) is 36.4 Å². The SMILES string of the molecule is C=CCOc1ccc(NC(=O)C(=O)N/N=C\c2ccc(O)c(Cl)c2)cc1. The van der Waals surface area contributed by atoms with Crippen LogP contribution in [0.1, 0.15) is 5.56 Å². The molecule has 3 N–H and O–H groups in total. The van der Waals surface area contributed by atoms with Crippen LogP contribution in [-0.2, 0) is 9.59 Å². The van der Waals surface area contributed by atoms with Gasteiger partial charge in [-0.2, -0.15) is 5.10 Å². The van der Waals surface area contributed by atoms with Gasteiger partial charge >= 0.3 is 11.8 Å². The van der Waals surface area contributed by atoms with Gasteiger partial charge in [0.05, 0.1) is 11.2 Å². The maximum atomic E-state index is 11.8. The molecule has 8 heteroatoms. The smallest absolute Gasteiger partial charge is 0.329 e. The Hall–Kier alpha value is -3.32. The molecule has 2 aromatic carbocycles. The Kier molecular flexibility index (Phi) is 6.75. The number of benzene rings is 2. The molecular weight excluding hydrogens is 358 g/mol. The molecule has 0 saturated carbocycles. The Morgan fingerprint density at radius 1 is 1.19 bits per heavy atom. The maximum Gasteiger partial charge on any atom is 0.329 e. The van der Waals surface area contributed by atoms with Crippen molar-refractivity contribution in [1.82, 2.24) is 5.43 Å². The zero-order valence-electron chi connectivity index (χ0n) is 13.6. The second-order valence-corrected chi connectivity index (χ2v) is 5.40. The number of nitrogens with zero attached hydrogens (tertiary/aromatic N) is 1. The summed E-state index contributed by atoms with van der Waals surface area (Å²) in [6.45, 7) is 3.92. The highest BCUT2D eigenvalue weighted by Gasteiger charge is 2.12. The Balaban J connectivity index is 1.86. The quantitative estimate of drug-likeness (QED) is 0.313. The van der Waals surface area contributed by atoms with Crippen LogP contribution in [0.3, 0.4) is 0 Å². The fourth-order valence-electron chi connectivity index (χ4n) is 1.80. The van der Waals surface area contributed by atoms with E-state index in [0.29, 0.717) is 23.6 Å². The molecule has 0 bridgehead atoms. The summed E-state index contributed by atoms with van der Waals surface area (Å²) in [5.74, 6) is -1.25. The van der Waals surface area contributed by atoms with Gasteiger partial charge in [-0.05, 0) is 48.0 Å². The first kappa shape index (κ1) is 19.0. The second-order valence-electron chi connectivity index (χ2n) is 4.99. The van der Waals surface area contributed by atoms with Crippen LogP contribution in [0.25, 0.3) is 0 Å². The first-order valence-electron chi connectivity index (χ1n) is 7.46. The molecule has 0 aliphatic heterocycles. The first-order chi connectivity index (χ1) is 12.5. The number of hydrazone groups is 1. The number of aromatic hydroxyl groups is 1. The molecule has 2 amide bonds. The van der Waals surface area contributed by atoms with E-state index in [0.717, 1.165) is 0 Å². The summed E-state index contributed by atoms with van der Waals surface area (Å²) in [5.41, 5.74) is 3.08. The van der Waals surface area contributed by atoms with Crippen molar-refractivity contribution >= 4 is 35.3 Å². The van der Waals surface area contributed by atoms with Crippen LogP contribution in [0, 0.1) is 0 Å². The van der Waals surface area contributed by atoms with Gasteiger partial charge in [-0.15, -0.1) is 0 Å². The fraction of sp³-hybridized carbons (Fsp3) is 0.0556. The summed E-state index contributed by atoms with van der Waals surface area (Å²) in [5, 5.41) is 15.6. The highest BCUT2D eigenvalue weighted by molar-refractivity contribution is 6.39. The number of carbonyl (C=O) groups is 2. The Morgan fingerprint density at radius 2 is 1.92 bits per heavy atom. The minimum Gasteiger partial charge on any atom is -0.506 e. The molecular formula is C18H16ClN3O4. The molecule has 0 radical (unpaired) electrons. The first-order valence-corrected chi connectivity index (χ1v) is 7.84. The van der Waals surface area contributed by atoms with Gasteiger partial charge in [-0.25, -0.2) is 5.43 Å². The summed E-state index contributed by atoms with van der Waals surface area (Å²) in [4.78, 5) is 23.5. The average Bonchev–Trinajstić information content (AvgIpc) is 2.64. The Labute approximate surface area is 154 Å². The Bertz CT molecular complexity index is 835. The third kappa shape index (κ3) is 5.64. The van der Waals surface area contributed by atoms with E-state index in [1.807, 2.05) is 0 Å². The largest absolute Gasteiger partial charge is 0.506 e. The van der Waals surface area contributed by atoms with Crippen molar-refractivity contribution in [2.75, 3.05) is 11.9 Å². The van der Waals surface area contributed by atoms with Gasteiger partial charge in [0.1, 0.15) is 18.1 Å². The predicted octanol–water partition coefficient (Wildman–Crippen LogP) is 2.70. The number of hydrogen-bond donors (Lipinski definition) is 3. The number of hydrogen-bond acceptors (Lipinski definition) is 5. The summed E-state index contributed by atoms with van der Waals surface area (Å²) in [6, 6.07) is 10.9. The molecule has 0 saturated heterocycles. The zero-order chi connectivity index (χ0) is 18.9. The maximum absolute atomic E-state index is 11.8. The van der Waals surface area contributed by atoms with Gasteiger partial charge in [-0.3, -0.25) is 9.59 Å². The standard InChI is InChI=1S/C18H16ClN3O4/c1-2-9-26-14-6-4-13(5-7-14)21-17(24)18(25)22-20-11-12-3-8-16(23)15(19)10-12/h2-8,10-11,23H,1,9H2,(H,21,24)(H,22,25)/b20-11-. The lowest BCUT2D eigenvalue weighted by molar-refractivity contribution is -0.136. The number of phenols is 1. The van der Waals surface area contributed by atoms with Crippen LogP contribution in [0.5, 0.6) is 11.5 Å². The van der Waals surface area contributed by atoms with E-state index < -0.39 is 11.8 Å². The van der Waals surface area contributed by atoms with Gasteiger partial charge in [0.25, 0.3) is 0 Å². The van der Waals surface area contributed by atoms with Gasteiger partial charge in [-0.1, -0.05) is 24.3 Å². The normalized spacial score (nSPS) is 10.3. The van der Waals surface area contributed by atoms with Crippen molar-refractivity contribution in [1.29, 1.82) is 0 Å². The predicted molar refractivity (Wildman–Crippen MR) is 99.6 cm³/mol. The molecule has 2 rings (SSSR count). The van der Waals surface area contributed by atoms with Crippen molar-refractivity contribution in [3.63, 3.8) is 0 Å². The lowest BCUT2D eigenvalue weighted by Crippen LogP contribution is -2.32. The van der Waals surface area contributed by atoms with E-state index in [-0.39, 0.29) is 10.8 Å². The molecule has 2 aromatic rings. The number of halogens is 1. The number of amides is 2. The van der Waals surface area contributed by atoms with Crippen LogP contribution >= 0.6 is 11.6 Å². The molecule has 0 atom stereocenters. The second kappa shape index (κ2) is 9.24. The van der Waals surface area contributed by atoms with Crippen LogP contribution < -0.4 is 15.5 Å². The van der Waals surface area contributed by atoms with Crippen molar-refractivity contribution in [3.8, 4) is 11.5 Å². The van der Waals surface area contributed by atoms with Crippen LogP contribution in [-0.4, -0.2) is 29.7 Å². The number of rotatable bonds is 6. The summed E-state index contributed by atoms with van der Waals surface area (Å²) < 4.78 is 5.32. The third-order valence-corrected chi connectivity index (χ3v) is 3.34. The summed E-state index contributed by atoms with van der Waals surface area (Å²) in [7, 11) is 0. The molecule has 7 nitrogen and oxygen atoms in total. The lowest BCUT2D eigenvalue weighted by Gasteiger charge is -2.06. The molecule has 0 aliphatic carbocycles. The van der Waals surface area contributed by atoms with Gasteiger partial charge in [0.15, 0.2) is 0 Å². The monoisotopic (exact) mass is 373 g/mol. The number of anilines is 1. The highest BCUT2D eigenvalue weighted by Crippen LogP contribution is 2.22. The van der Waals surface area contributed by atoms with Gasteiger partial charge in [0, 0.05) is 5.69 Å². The topological polar surface area (TPSA) is 100 Å². The summed E-state index contributed by atoms with van der Waals surface area (Å²) >= 11 is 5.76. The molecule has 134 valence electrons. The van der Waals surface area contributed by atoms with E-state index >= 15 is 0 Å². The fourth-order valence-corrected chi connectivity index (χ4v) is 1.99. The minimum absolute atomic E-state index is 0.0619. The van der Waals surface area contributed by atoms with Crippen molar-refractivity contribution < 1.29 is 19.4 Å². The van der Waals surface area contributed by atoms with E-state index in [9.17, 15) is 14.7 Å². The average molecular weight is 374 g/mol. The van der Waals surface area contributed by atoms with Crippen molar-refractivity contribution in [2.24, 2.45) is 5.10 Å². The van der Waals surface area contributed by atoms with E-state index in [2.05, 4.69) is 22.4 Å². The van der Waals surface area contributed by atoms with Gasteiger partial charge in [0.2, 0.25) is 0 Å². The lowest BCUT2D eigenvalue weighted by atomic mass is 10.2. The highest BCUT2D eigenvalue weighted by atomic mass is 35.5. The molecule has 0 aliphatic rings. The zero-order valence-corrected chi connectivity index (χ0v) is 14.4. The van der Waals surface area contributed by atoms with E-state index in [4.69, 9.17) is 16.3 Å². The van der Waals surface area contributed by atoms with Crippen LogP contribution in [0.15, 0.2) is 60.2 Å². The molecule has 0 fully saturated rings. The number of phenolic OH excluding ortho intramolecular Hbond substituents is 1. The van der Waals surface area contributed by atoms with Gasteiger partial charge < -0.3 is 15.2 Å². The molecule has 0 aromatic heterocycles. The molecule has 0 unspecified atom stereocenters. The number of nitrogens with one attached hydrogen (secondary N) is 2. The van der Waals surface area contributed by atoms with Crippen molar-refractivity contribution in [2.45, 2.75) is 0 Å². The molecule has 0 heterocycles. The molecule has 26 heavy (non-hydrogen) atoms. The van der Waals surface area contributed by atoms with E-state index in [1.165, 1.54) is 18.3 Å². The van der Waals surface area contributed by atoms with Crippen LogP contribution in [0.4, 0.5) is 5.69 Å². The van der Waals surface area contributed by atoms with Crippen LogP contribution in [0.2, 0.25) is 5.02 Å². The minimum atomic E-state index is -0.932. The summed E-state index contributed by atoms with van der Waals surface area (Å²) in [6.07, 6.45) is 2.91. The number of ether oxygens (including phenoxy) is 1. The van der Waals surface area contributed by atoms with Crippen molar-refractivity contribution in [3.05, 3.63) is 65.7 Å². The number of carbonyl (C=O) groups excluding carboxylic acids is 2. The third-order valence-electron chi connectivity index (χ3n) is 3.04. The Morgan fingerprint density at radius 3 is 2.58 bits per heavy atom. The molecule has 0 spiro atoms.